The molecule has 6 N–H and O–H groups in total. The molecule has 0 fully saturated rings. The maximum Gasteiger partial charge on any atom is 0.469 e. The highest BCUT2D eigenvalue weighted by Gasteiger charge is 2.35. The summed E-state index contributed by atoms with van der Waals surface area (Å²) < 4.78 is 14.9. The molecule has 0 bridgehead atoms. The fourth-order valence-electron chi connectivity index (χ4n) is 3.14. The van der Waals surface area contributed by atoms with Gasteiger partial charge in [-0.05, 0) is 12.1 Å². The van der Waals surface area contributed by atoms with Crippen LogP contribution in [0.3, 0.4) is 0 Å². The Morgan fingerprint density at radius 1 is 1.17 bits per heavy atom. The highest BCUT2D eigenvalue weighted by molar-refractivity contribution is 7.46. The van der Waals surface area contributed by atoms with E-state index in [4.69, 9.17) is 9.79 Å². The van der Waals surface area contributed by atoms with E-state index in [1.54, 1.807) is 31.3 Å². The lowest BCUT2D eigenvalue weighted by Crippen LogP contribution is -2.46. The molecular formula is C16H20N4O9P. The molecular weight excluding hydrogens is 423 g/mol. The van der Waals surface area contributed by atoms with Crippen LogP contribution in [-0.2, 0) is 14.2 Å². The van der Waals surface area contributed by atoms with E-state index in [2.05, 4.69) is 14.5 Å². The predicted molar refractivity (Wildman–Crippen MR) is 103 cm³/mol. The summed E-state index contributed by atoms with van der Waals surface area (Å²) in [5.41, 5.74) is 0.373. The molecule has 1 aliphatic rings. The number of hydrogen-bond acceptors (Lipinski definition) is 9. The van der Waals surface area contributed by atoms with Crippen molar-refractivity contribution in [2.75, 3.05) is 30.0 Å². The third-order valence-electron chi connectivity index (χ3n) is 4.55. The average Bonchev–Trinajstić information content (AvgIpc) is 2.67. The number of hydrogen-bond donors (Lipinski definition) is 6. The fourth-order valence-corrected chi connectivity index (χ4v) is 3.49. The van der Waals surface area contributed by atoms with Crippen molar-refractivity contribution in [2.45, 2.75) is 18.3 Å². The number of phosphoric acid groups is 1. The zero-order valence-electron chi connectivity index (χ0n) is 15.6. The fraction of sp³-hybridized carbons (Fsp3) is 0.375. The number of aliphatic hydroxyl groups is 3. The van der Waals surface area contributed by atoms with E-state index in [0.717, 1.165) is 0 Å². The van der Waals surface area contributed by atoms with E-state index in [1.807, 2.05) is 0 Å². The van der Waals surface area contributed by atoms with Crippen LogP contribution in [-0.4, -0.2) is 73.6 Å². The molecule has 2 aromatic rings. The predicted octanol–water partition coefficient (Wildman–Crippen LogP) is -0.675. The van der Waals surface area contributed by atoms with E-state index in [1.165, 1.54) is 9.80 Å². The maximum absolute atomic E-state index is 12.4. The quantitative estimate of drug-likeness (QED) is 0.296. The maximum atomic E-state index is 12.4. The lowest BCUT2D eigenvalue weighted by Gasteiger charge is -2.38. The van der Waals surface area contributed by atoms with Gasteiger partial charge in [-0.1, -0.05) is 12.1 Å². The Labute approximate surface area is 169 Å². The molecule has 1 radical (unpaired) electrons. The second kappa shape index (κ2) is 8.32. The zero-order valence-corrected chi connectivity index (χ0v) is 16.5. The largest absolute Gasteiger partial charge is 0.469 e. The lowest BCUT2D eigenvalue weighted by molar-refractivity contribution is -0.0717. The van der Waals surface area contributed by atoms with E-state index in [-0.39, 0.29) is 11.5 Å². The number of fused-ring (bicyclic) bond motifs is 2. The van der Waals surface area contributed by atoms with Gasteiger partial charge in [-0.2, -0.15) is 4.98 Å². The van der Waals surface area contributed by atoms with Gasteiger partial charge >= 0.3 is 13.8 Å². The Balaban J connectivity index is 1.92. The number of β-amino-alcohol motifs (C(OH)–C–C–N with tert-alkyl or cyclic N) is 1. The summed E-state index contributed by atoms with van der Waals surface area (Å²) in [5, 5.41) is 42.2. The summed E-state index contributed by atoms with van der Waals surface area (Å²) in [4.78, 5) is 38.5. The van der Waals surface area contributed by atoms with Gasteiger partial charge in [-0.3, -0.25) is 14.3 Å². The second-order valence-corrected chi connectivity index (χ2v) is 7.85. The summed E-state index contributed by atoms with van der Waals surface area (Å²) in [6, 6.07) is 5.84. The molecule has 3 atom stereocenters. The normalized spacial score (nSPS) is 16.6. The van der Waals surface area contributed by atoms with Gasteiger partial charge in [0.05, 0.1) is 24.5 Å². The van der Waals surface area contributed by atoms with Gasteiger partial charge in [-0.15, -0.1) is 0 Å². The van der Waals surface area contributed by atoms with Gasteiger partial charge in [0.25, 0.3) is 5.56 Å². The lowest BCUT2D eigenvalue weighted by atomic mass is 10.1. The molecule has 0 unspecified atom stereocenters. The van der Waals surface area contributed by atoms with Gasteiger partial charge in [0.15, 0.2) is 11.5 Å². The van der Waals surface area contributed by atoms with Crippen LogP contribution >= 0.6 is 7.82 Å². The van der Waals surface area contributed by atoms with Crippen molar-refractivity contribution in [2.24, 2.45) is 0 Å². The summed E-state index contributed by atoms with van der Waals surface area (Å²) in [7, 11) is -3.28. The molecule has 3 rings (SSSR count). The van der Waals surface area contributed by atoms with Crippen LogP contribution in [0.25, 0.3) is 0 Å². The van der Waals surface area contributed by atoms with Gasteiger partial charge in [-0.25, -0.2) is 9.67 Å². The number of anilines is 4. The third-order valence-corrected chi connectivity index (χ3v) is 5.04. The van der Waals surface area contributed by atoms with Gasteiger partial charge in [0.2, 0.25) is 0 Å². The van der Waals surface area contributed by atoms with Crippen LogP contribution in [0.4, 0.5) is 22.9 Å². The van der Waals surface area contributed by atoms with Crippen molar-refractivity contribution < 1.29 is 39.3 Å². The first-order chi connectivity index (χ1) is 14.0. The van der Waals surface area contributed by atoms with Crippen molar-refractivity contribution in [3.05, 3.63) is 34.6 Å². The van der Waals surface area contributed by atoms with Crippen molar-refractivity contribution in [1.29, 1.82) is 0 Å². The standard InChI is InChI=1S/C16H20N4O9P/c1-19-8-4-2-3-5-9(8)20(14-12(19)15(24)18-16(25)17-14)6-10(21)13(23)11(22)7-29-30(26,27)28/h2-5,10-11,13,21-23H,6-7H2,1H3,(H,17,18,24)(H2,26,27,28)/t10-,11-,13-/m1/s1. The third kappa shape index (κ3) is 4.47. The monoisotopic (exact) mass is 443 g/mol. The molecule has 30 heavy (non-hydrogen) atoms. The molecule has 0 aliphatic carbocycles. The summed E-state index contributed by atoms with van der Waals surface area (Å²) in [5.74, 6) is -0.0582. The van der Waals surface area contributed by atoms with E-state index in [9.17, 15) is 29.8 Å². The Kier molecular flexibility index (Phi) is 6.15. The van der Waals surface area contributed by atoms with Crippen LogP contribution in [0.2, 0.25) is 0 Å². The number of aromatic nitrogens is 2. The molecule has 1 aromatic carbocycles. The van der Waals surface area contributed by atoms with Crippen LogP contribution in [0.1, 0.15) is 0 Å². The Bertz CT molecular complexity index is 1030. The highest BCUT2D eigenvalue weighted by Crippen LogP contribution is 2.44. The Morgan fingerprint density at radius 2 is 1.80 bits per heavy atom. The van der Waals surface area contributed by atoms with Crippen molar-refractivity contribution in [1.82, 2.24) is 9.97 Å². The molecule has 1 aliphatic heterocycles. The first-order valence-corrected chi connectivity index (χ1v) is 10.2. The van der Waals surface area contributed by atoms with Crippen LogP contribution in [0.15, 0.2) is 29.1 Å². The number of nitrogens with zero attached hydrogens (tertiary/aromatic N) is 3. The first-order valence-electron chi connectivity index (χ1n) is 8.65. The molecule has 0 spiro atoms. The van der Waals surface area contributed by atoms with Gasteiger partial charge in [0, 0.05) is 7.05 Å². The number of aromatic amines is 1. The van der Waals surface area contributed by atoms with Crippen LogP contribution in [0.5, 0.6) is 6.01 Å². The van der Waals surface area contributed by atoms with Gasteiger partial charge < -0.3 is 34.9 Å². The molecule has 13 nitrogen and oxygen atoms in total. The number of aliphatic hydroxyl groups excluding tert-OH is 3. The molecule has 163 valence electrons. The zero-order chi connectivity index (χ0) is 22.2. The highest BCUT2D eigenvalue weighted by atomic mass is 31.2. The smallest absolute Gasteiger partial charge is 0.388 e. The molecule has 0 amide bonds. The summed E-state index contributed by atoms with van der Waals surface area (Å²) in [6.07, 6.45) is -5.35. The minimum atomic E-state index is -4.88. The average molecular weight is 443 g/mol. The summed E-state index contributed by atoms with van der Waals surface area (Å²) in [6.45, 7) is -1.33. The van der Waals surface area contributed by atoms with E-state index in [0.29, 0.717) is 11.4 Å². The van der Waals surface area contributed by atoms with E-state index >= 15 is 0 Å². The number of phosphoric ester groups is 1. The molecule has 2 heterocycles. The summed E-state index contributed by atoms with van der Waals surface area (Å²) >= 11 is 0. The number of rotatable bonds is 7. The minimum absolute atomic E-state index is 0.0420. The first kappa shape index (κ1) is 22.2. The van der Waals surface area contributed by atoms with Crippen molar-refractivity contribution in [3.8, 4) is 6.01 Å². The SMILES string of the molecule is CN1c2ccccc2N(C[C@@H](O)[C@@H](O)[C@H](O)COP(=O)(O)O)c2nc([O])[nH]c(=O)c21. The molecule has 0 saturated heterocycles. The Hall–Kier alpha value is -2.51. The second-order valence-electron chi connectivity index (χ2n) is 6.61. The molecule has 0 saturated carbocycles. The number of para-hydroxylation sites is 2. The van der Waals surface area contributed by atoms with Crippen molar-refractivity contribution >= 4 is 30.7 Å². The number of benzene rings is 1. The molecule has 14 heteroatoms. The topological polar surface area (TPSA) is 200 Å². The molecule has 1 aromatic heterocycles. The minimum Gasteiger partial charge on any atom is -0.388 e. The Morgan fingerprint density at radius 3 is 2.43 bits per heavy atom. The number of nitrogens with one attached hydrogen (secondary N) is 1. The van der Waals surface area contributed by atoms with E-state index < -0.39 is 50.9 Å². The van der Waals surface area contributed by atoms with Crippen LogP contribution < -0.4 is 15.4 Å². The number of H-pyrrole nitrogens is 1. The van der Waals surface area contributed by atoms with Gasteiger partial charge in [0.1, 0.15) is 18.3 Å². The van der Waals surface area contributed by atoms with Crippen LogP contribution in [0, 0.1) is 0 Å². The van der Waals surface area contributed by atoms with Crippen molar-refractivity contribution in [3.63, 3.8) is 0 Å².